The van der Waals surface area contributed by atoms with Crippen LogP contribution in [-0.2, 0) is 31.9 Å². The average Bonchev–Trinajstić information content (AvgIpc) is 2.41. The van der Waals surface area contributed by atoms with Gasteiger partial charge in [0.15, 0.2) is 0 Å². The quantitative estimate of drug-likeness (QED) is 0.241. The summed E-state index contributed by atoms with van der Waals surface area (Å²) in [4.78, 5) is 0. The summed E-state index contributed by atoms with van der Waals surface area (Å²) in [7, 11) is 0. The Morgan fingerprint density at radius 1 is 0.429 bits per heavy atom. The summed E-state index contributed by atoms with van der Waals surface area (Å²) in [5.74, 6) is 0. The van der Waals surface area contributed by atoms with Gasteiger partial charge in [-0.15, -0.1) is 0 Å². The SMILES string of the molecule is C=C[CH2][Zn]([CH2]C=C)[CH2]C=C.C=C[CH2][Zn]([CH2]C=C)[CH2]C=C.S. The normalized spacial score (nSPS) is 8.00. The molecule has 0 amide bonds. The van der Waals surface area contributed by atoms with Crippen LogP contribution in [0.4, 0.5) is 0 Å². The standard InChI is InChI=1S/6C3H5.H2S.2Zn/c6*1-3-2;;;/h6*3H,1-2H2;1H2;;. The van der Waals surface area contributed by atoms with E-state index < -0.39 is 31.9 Å². The molecular weight excluding hydrogens is 379 g/mol. The third-order valence-electron chi connectivity index (χ3n) is 3.67. The molecule has 0 saturated carbocycles. The Morgan fingerprint density at radius 2 is 0.571 bits per heavy atom. The maximum atomic E-state index is 3.75. The first-order valence-electron chi connectivity index (χ1n) is 7.90. The Bertz CT molecular complexity index is 220. The summed E-state index contributed by atoms with van der Waals surface area (Å²) in [5, 5.41) is 7.65. The second kappa shape index (κ2) is 22.3. The fraction of sp³-hybridized carbons (Fsp3) is 0.333. The molecule has 0 bridgehead atoms. The fourth-order valence-corrected chi connectivity index (χ4v) is 12.7. The molecule has 0 aromatic rings. The predicted octanol–water partition coefficient (Wildman–Crippen LogP) is 6.95. The van der Waals surface area contributed by atoms with Gasteiger partial charge in [-0.25, -0.2) is 0 Å². The van der Waals surface area contributed by atoms with Gasteiger partial charge >= 0.3 is 138 Å². The van der Waals surface area contributed by atoms with E-state index in [4.69, 9.17) is 0 Å². The minimum Gasteiger partial charge on any atom is -0.197 e. The third kappa shape index (κ3) is 20.0. The van der Waals surface area contributed by atoms with Crippen LogP contribution in [0, 0.1) is 0 Å². The minimum absolute atomic E-state index is 0. The van der Waals surface area contributed by atoms with Crippen LogP contribution in [0.2, 0.25) is 30.1 Å². The molecule has 0 radical (unpaired) electrons. The molecule has 114 valence electrons. The van der Waals surface area contributed by atoms with Crippen LogP contribution in [0.5, 0.6) is 0 Å². The van der Waals surface area contributed by atoms with Gasteiger partial charge in [-0.1, -0.05) is 0 Å². The van der Waals surface area contributed by atoms with Crippen LogP contribution in [-0.4, -0.2) is 0 Å². The van der Waals surface area contributed by atoms with Crippen molar-refractivity contribution < 1.29 is 31.9 Å². The number of hydrogen-bond acceptors (Lipinski definition) is 0. The molecule has 0 atom stereocenters. The molecule has 0 aliphatic heterocycles. The van der Waals surface area contributed by atoms with E-state index >= 15 is 0 Å². The van der Waals surface area contributed by atoms with Crippen molar-refractivity contribution in [3.8, 4) is 0 Å². The van der Waals surface area contributed by atoms with Crippen LogP contribution in [0.25, 0.3) is 0 Å². The van der Waals surface area contributed by atoms with E-state index in [1.165, 1.54) is 30.1 Å². The Morgan fingerprint density at radius 3 is 0.667 bits per heavy atom. The van der Waals surface area contributed by atoms with Crippen LogP contribution in [0.3, 0.4) is 0 Å². The van der Waals surface area contributed by atoms with Crippen molar-refractivity contribution in [2.24, 2.45) is 0 Å². The minimum atomic E-state index is -1.22. The smallest absolute Gasteiger partial charge is 0.197 e. The van der Waals surface area contributed by atoms with Crippen molar-refractivity contribution in [1.82, 2.24) is 0 Å². The molecule has 0 fully saturated rings. The van der Waals surface area contributed by atoms with Crippen LogP contribution in [0.1, 0.15) is 0 Å². The Hall–Kier alpha value is 0.0368. The Kier molecular flexibility index (Phi) is 27.6. The molecule has 21 heavy (non-hydrogen) atoms. The van der Waals surface area contributed by atoms with E-state index in [1.807, 2.05) is 36.5 Å². The van der Waals surface area contributed by atoms with E-state index in [-0.39, 0.29) is 13.5 Å². The zero-order valence-corrected chi connectivity index (χ0v) is 20.8. The van der Waals surface area contributed by atoms with Gasteiger partial charge < -0.3 is 0 Å². The van der Waals surface area contributed by atoms with Crippen LogP contribution in [0.15, 0.2) is 75.9 Å². The molecule has 0 aliphatic carbocycles. The predicted molar refractivity (Wildman–Crippen MR) is 100 cm³/mol. The van der Waals surface area contributed by atoms with Gasteiger partial charge in [0.1, 0.15) is 0 Å². The summed E-state index contributed by atoms with van der Waals surface area (Å²) in [6, 6.07) is 0. The molecule has 3 heteroatoms. The summed E-state index contributed by atoms with van der Waals surface area (Å²) in [6.45, 7) is 22.5. The van der Waals surface area contributed by atoms with Crippen molar-refractivity contribution in [2.45, 2.75) is 30.1 Å². The molecule has 0 aliphatic rings. The summed E-state index contributed by atoms with van der Waals surface area (Å²) in [5.41, 5.74) is 0. The molecule has 0 aromatic carbocycles. The fourth-order valence-electron chi connectivity index (χ4n) is 2.44. The van der Waals surface area contributed by atoms with Crippen molar-refractivity contribution in [1.29, 1.82) is 0 Å². The van der Waals surface area contributed by atoms with Crippen molar-refractivity contribution in [3.05, 3.63) is 75.9 Å². The van der Waals surface area contributed by atoms with Crippen LogP contribution < -0.4 is 0 Å². The molecule has 0 unspecified atom stereocenters. The molecule has 0 heterocycles. The van der Waals surface area contributed by atoms with Gasteiger partial charge in [-0.05, 0) is 0 Å². The topological polar surface area (TPSA) is 0 Å². The van der Waals surface area contributed by atoms with E-state index in [0.717, 1.165) is 0 Å². The molecule has 0 nitrogen and oxygen atoms in total. The molecule has 0 saturated heterocycles. The Balaban J connectivity index is -0.000000295. The zero-order valence-electron chi connectivity index (χ0n) is 13.9. The Labute approximate surface area is 150 Å². The number of hydrogen-bond donors (Lipinski definition) is 0. The molecule has 0 aromatic heterocycles. The van der Waals surface area contributed by atoms with E-state index in [1.54, 1.807) is 0 Å². The summed E-state index contributed by atoms with van der Waals surface area (Å²) in [6.07, 6.45) is 12.3. The van der Waals surface area contributed by atoms with E-state index in [9.17, 15) is 0 Å². The van der Waals surface area contributed by atoms with Gasteiger partial charge in [0, 0.05) is 0 Å². The van der Waals surface area contributed by atoms with E-state index in [2.05, 4.69) is 39.5 Å². The number of allylic oxidation sites excluding steroid dienone is 6. The molecule has 0 spiro atoms. The van der Waals surface area contributed by atoms with Crippen molar-refractivity contribution >= 4 is 13.5 Å². The second-order valence-electron chi connectivity index (χ2n) is 5.59. The van der Waals surface area contributed by atoms with Crippen molar-refractivity contribution in [3.63, 3.8) is 0 Å². The average molecular weight is 411 g/mol. The monoisotopic (exact) mass is 408 g/mol. The summed E-state index contributed by atoms with van der Waals surface area (Å²) < 4.78 is 0. The van der Waals surface area contributed by atoms with Gasteiger partial charge in [0.05, 0.1) is 0 Å². The van der Waals surface area contributed by atoms with Gasteiger partial charge in [0.2, 0.25) is 0 Å². The largest absolute Gasteiger partial charge is 0.197 e. The third-order valence-corrected chi connectivity index (χ3v) is 19.1. The molecule has 0 rings (SSSR count). The maximum absolute atomic E-state index is 3.75. The maximum Gasteiger partial charge on any atom is -0.197 e. The van der Waals surface area contributed by atoms with Gasteiger partial charge in [0.25, 0.3) is 0 Å². The van der Waals surface area contributed by atoms with Gasteiger partial charge in [-0.3, -0.25) is 0 Å². The first-order valence-corrected chi connectivity index (χ1v) is 20.5. The first kappa shape index (κ1) is 26.0. The molecular formula is C18H32SZn2. The van der Waals surface area contributed by atoms with Crippen molar-refractivity contribution in [2.75, 3.05) is 0 Å². The first-order chi connectivity index (χ1) is 9.69. The number of rotatable bonds is 12. The second-order valence-corrected chi connectivity index (χ2v) is 21.8. The molecule has 0 N–H and O–H groups in total. The van der Waals surface area contributed by atoms with E-state index in [0.29, 0.717) is 0 Å². The zero-order chi connectivity index (χ0) is 15.6. The summed E-state index contributed by atoms with van der Waals surface area (Å²) >= 11 is -2.44. The van der Waals surface area contributed by atoms with Gasteiger partial charge in [-0.2, -0.15) is 13.5 Å². The van der Waals surface area contributed by atoms with Crippen LogP contribution >= 0.6 is 13.5 Å².